The number of hydrogen-bond donors (Lipinski definition) is 2. The van der Waals surface area contributed by atoms with E-state index in [4.69, 9.17) is 9.47 Å². The quantitative estimate of drug-likeness (QED) is 0.636. The standard InChI is InChI=1S/C9H18N2O3/c1-6(8(13-2)14-3)10-9(12)11-7-4-5-7/h6-8H,4-5H2,1-3H3,(H2,10,11,12). The highest BCUT2D eigenvalue weighted by molar-refractivity contribution is 5.74. The largest absolute Gasteiger partial charge is 0.354 e. The van der Waals surface area contributed by atoms with E-state index in [1.807, 2.05) is 6.92 Å². The van der Waals surface area contributed by atoms with E-state index >= 15 is 0 Å². The average molecular weight is 202 g/mol. The van der Waals surface area contributed by atoms with Crippen molar-refractivity contribution in [2.75, 3.05) is 14.2 Å². The summed E-state index contributed by atoms with van der Waals surface area (Å²) in [6, 6.07) is 0.0496. The molecule has 82 valence electrons. The first-order valence-corrected chi connectivity index (χ1v) is 4.80. The summed E-state index contributed by atoms with van der Waals surface area (Å²) in [7, 11) is 3.09. The lowest BCUT2D eigenvalue weighted by molar-refractivity contribution is -0.117. The summed E-state index contributed by atoms with van der Waals surface area (Å²) < 4.78 is 10.0. The smallest absolute Gasteiger partial charge is 0.315 e. The van der Waals surface area contributed by atoms with Gasteiger partial charge in [-0.25, -0.2) is 4.79 Å². The summed E-state index contributed by atoms with van der Waals surface area (Å²) >= 11 is 0. The predicted molar refractivity (Wildman–Crippen MR) is 52.0 cm³/mol. The molecule has 1 aliphatic carbocycles. The highest BCUT2D eigenvalue weighted by Gasteiger charge is 2.25. The Balaban J connectivity index is 2.22. The van der Waals surface area contributed by atoms with Gasteiger partial charge in [0.05, 0.1) is 6.04 Å². The molecule has 1 saturated carbocycles. The summed E-state index contributed by atoms with van der Waals surface area (Å²) in [5, 5.41) is 5.58. The van der Waals surface area contributed by atoms with Gasteiger partial charge in [-0.05, 0) is 19.8 Å². The third-order valence-electron chi connectivity index (χ3n) is 2.14. The summed E-state index contributed by atoms with van der Waals surface area (Å²) in [4.78, 5) is 11.3. The molecule has 0 bridgehead atoms. The van der Waals surface area contributed by atoms with Gasteiger partial charge < -0.3 is 20.1 Å². The number of urea groups is 1. The summed E-state index contributed by atoms with van der Waals surface area (Å²) in [6.07, 6.45) is 1.76. The van der Waals surface area contributed by atoms with E-state index in [1.165, 1.54) is 0 Å². The molecule has 1 fully saturated rings. The summed E-state index contributed by atoms with van der Waals surface area (Å²) in [5.74, 6) is 0. The van der Waals surface area contributed by atoms with Gasteiger partial charge in [0.1, 0.15) is 0 Å². The lowest BCUT2D eigenvalue weighted by Crippen LogP contribution is -2.47. The first-order valence-electron chi connectivity index (χ1n) is 4.80. The molecule has 1 aliphatic rings. The van der Waals surface area contributed by atoms with Crippen LogP contribution in [0.15, 0.2) is 0 Å². The minimum absolute atomic E-state index is 0.154. The minimum Gasteiger partial charge on any atom is -0.354 e. The van der Waals surface area contributed by atoms with Gasteiger partial charge in [-0.3, -0.25) is 0 Å². The van der Waals surface area contributed by atoms with Crippen LogP contribution >= 0.6 is 0 Å². The van der Waals surface area contributed by atoms with Crippen LogP contribution in [0.1, 0.15) is 19.8 Å². The Hall–Kier alpha value is -0.810. The molecular formula is C9H18N2O3. The normalized spacial score (nSPS) is 18.0. The second kappa shape index (κ2) is 5.17. The van der Waals surface area contributed by atoms with Crippen molar-refractivity contribution in [1.82, 2.24) is 10.6 Å². The van der Waals surface area contributed by atoms with Crippen LogP contribution in [-0.2, 0) is 9.47 Å². The maximum Gasteiger partial charge on any atom is 0.315 e. The van der Waals surface area contributed by atoms with E-state index in [9.17, 15) is 4.79 Å². The number of carbonyl (C=O) groups is 1. The first kappa shape index (κ1) is 11.3. The second-order valence-corrected chi connectivity index (χ2v) is 3.52. The molecule has 5 nitrogen and oxygen atoms in total. The molecule has 1 unspecified atom stereocenters. The van der Waals surface area contributed by atoms with Gasteiger partial charge in [-0.15, -0.1) is 0 Å². The van der Waals surface area contributed by atoms with Crippen molar-refractivity contribution in [2.45, 2.75) is 38.1 Å². The van der Waals surface area contributed by atoms with Crippen molar-refractivity contribution in [1.29, 1.82) is 0 Å². The molecule has 0 spiro atoms. The van der Waals surface area contributed by atoms with Crippen LogP contribution < -0.4 is 10.6 Å². The zero-order valence-corrected chi connectivity index (χ0v) is 8.87. The molecule has 0 aromatic rings. The third kappa shape index (κ3) is 3.51. The van der Waals surface area contributed by atoms with Crippen molar-refractivity contribution in [3.05, 3.63) is 0 Å². The maximum absolute atomic E-state index is 11.3. The lowest BCUT2D eigenvalue weighted by Gasteiger charge is -2.22. The third-order valence-corrected chi connectivity index (χ3v) is 2.14. The van der Waals surface area contributed by atoms with Gasteiger partial charge in [0.2, 0.25) is 0 Å². The first-order chi connectivity index (χ1) is 6.67. The molecule has 2 N–H and O–H groups in total. The maximum atomic E-state index is 11.3. The molecule has 0 radical (unpaired) electrons. The number of carbonyl (C=O) groups excluding carboxylic acids is 1. The van der Waals surface area contributed by atoms with Gasteiger partial charge in [-0.1, -0.05) is 0 Å². The zero-order valence-electron chi connectivity index (χ0n) is 8.87. The Labute approximate surface area is 84.1 Å². The fourth-order valence-electron chi connectivity index (χ4n) is 1.23. The predicted octanol–water partition coefficient (Wildman–Crippen LogP) is 0.455. The monoisotopic (exact) mass is 202 g/mol. The van der Waals surface area contributed by atoms with Crippen molar-refractivity contribution >= 4 is 6.03 Å². The van der Waals surface area contributed by atoms with Gasteiger partial charge in [0.15, 0.2) is 6.29 Å². The van der Waals surface area contributed by atoms with Crippen LogP contribution in [0.5, 0.6) is 0 Å². The molecule has 0 heterocycles. The Morgan fingerprint density at radius 3 is 2.36 bits per heavy atom. The van der Waals surface area contributed by atoms with Crippen LogP contribution in [0.2, 0.25) is 0 Å². The van der Waals surface area contributed by atoms with Crippen LogP contribution in [0.25, 0.3) is 0 Å². The average Bonchev–Trinajstić information content (AvgIpc) is 2.90. The molecule has 14 heavy (non-hydrogen) atoms. The van der Waals surface area contributed by atoms with Crippen LogP contribution in [-0.4, -0.2) is 38.6 Å². The van der Waals surface area contributed by atoms with E-state index in [0.717, 1.165) is 12.8 Å². The second-order valence-electron chi connectivity index (χ2n) is 3.52. The van der Waals surface area contributed by atoms with E-state index < -0.39 is 6.29 Å². The molecule has 2 amide bonds. The zero-order chi connectivity index (χ0) is 10.6. The fourth-order valence-corrected chi connectivity index (χ4v) is 1.23. The Morgan fingerprint density at radius 1 is 1.36 bits per heavy atom. The molecule has 0 aromatic heterocycles. The van der Waals surface area contributed by atoms with Crippen LogP contribution in [0.4, 0.5) is 4.79 Å². The van der Waals surface area contributed by atoms with Crippen molar-refractivity contribution in [3.8, 4) is 0 Å². The number of rotatable bonds is 5. The highest BCUT2D eigenvalue weighted by atomic mass is 16.7. The van der Waals surface area contributed by atoms with Crippen LogP contribution in [0, 0.1) is 0 Å². The summed E-state index contributed by atoms with van der Waals surface area (Å²) in [6.45, 7) is 1.84. The molecule has 5 heteroatoms. The Bertz CT molecular complexity index is 190. The van der Waals surface area contributed by atoms with Crippen molar-refractivity contribution in [3.63, 3.8) is 0 Å². The fraction of sp³-hybridized carbons (Fsp3) is 0.889. The lowest BCUT2D eigenvalue weighted by atomic mass is 10.3. The molecule has 0 aromatic carbocycles. The van der Waals surface area contributed by atoms with Gasteiger partial charge in [0.25, 0.3) is 0 Å². The minimum atomic E-state index is -0.403. The summed E-state index contributed by atoms with van der Waals surface area (Å²) in [5.41, 5.74) is 0. The van der Waals surface area contributed by atoms with Gasteiger partial charge in [-0.2, -0.15) is 0 Å². The van der Waals surface area contributed by atoms with E-state index in [-0.39, 0.29) is 12.1 Å². The number of ether oxygens (including phenoxy) is 2. The number of hydrogen-bond acceptors (Lipinski definition) is 3. The molecule has 1 atom stereocenters. The van der Waals surface area contributed by atoms with E-state index in [0.29, 0.717) is 6.04 Å². The SMILES string of the molecule is COC(OC)C(C)NC(=O)NC1CC1. The number of nitrogens with one attached hydrogen (secondary N) is 2. The highest BCUT2D eigenvalue weighted by Crippen LogP contribution is 2.18. The van der Waals surface area contributed by atoms with Gasteiger partial charge in [0, 0.05) is 20.3 Å². The van der Waals surface area contributed by atoms with E-state index in [1.54, 1.807) is 14.2 Å². The van der Waals surface area contributed by atoms with Crippen LogP contribution in [0.3, 0.4) is 0 Å². The van der Waals surface area contributed by atoms with Gasteiger partial charge >= 0.3 is 6.03 Å². The number of methoxy groups -OCH3 is 2. The van der Waals surface area contributed by atoms with Crippen molar-refractivity contribution in [2.24, 2.45) is 0 Å². The Kier molecular flexibility index (Phi) is 4.16. The molecule has 0 saturated heterocycles. The van der Waals surface area contributed by atoms with E-state index in [2.05, 4.69) is 10.6 Å². The van der Waals surface area contributed by atoms with Crippen molar-refractivity contribution < 1.29 is 14.3 Å². The molecule has 1 rings (SSSR count). The molecule has 0 aliphatic heterocycles. The molecular weight excluding hydrogens is 184 g/mol. The Morgan fingerprint density at radius 2 is 1.93 bits per heavy atom. The number of amides is 2. The topological polar surface area (TPSA) is 59.6 Å².